The van der Waals surface area contributed by atoms with Gasteiger partial charge in [0, 0.05) is 32.4 Å². The Bertz CT molecular complexity index is 610. The van der Waals surface area contributed by atoms with Crippen molar-refractivity contribution in [2.24, 2.45) is 0 Å². The summed E-state index contributed by atoms with van der Waals surface area (Å²) in [6.45, 7) is 0. The van der Waals surface area contributed by atoms with E-state index in [4.69, 9.17) is 23.2 Å². The van der Waals surface area contributed by atoms with Gasteiger partial charge in [0.2, 0.25) is 0 Å². The van der Waals surface area contributed by atoms with Crippen LogP contribution in [0.5, 0.6) is 0 Å². The molecule has 0 N–H and O–H groups in total. The third-order valence-corrected chi connectivity index (χ3v) is 6.04. The molecule has 0 aliphatic heterocycles. The van der Waals surface area contributed by atoms with E-state index in [1.54, 1.807) is 36.4 Å². The summed E-state index contributed by atoms with van der Waals surface area (Å²) in [5.41, 5.74) is 1.79. The van der Waals surface area contributed by atoms with Gasteiger partial charge >= 0.3 is 0 Å². The van der Waals surface area contributed by atoms with Crippen molar-refractivity contribution < 1.29 is 9.11 Å². The van der Waals surface area contributed by atoms with Gasteiger partial charge in [0.15, 0.2) is 0 Å². The van der Waals surface area contributed by atoms with E-state index in [9.17, 15) is 9.11 Å². The number of hydrogen-bond acceptors (Lipinski definition) is 2. The molecule has 0 aliphatic rings. The van der Waals surface area contributed by atoms with Crippen molar-refractivity contribution in [2.45, 2.75) is 0 Å². The molecule has 0 saturated heterocycles. The van der Waals surface area contributed by atoms with Crippen LogP contribution in [0.1, 0.15) is 11.1 Å². The standard InChI is InChI=1S/C17H14Cl2O2S2/c18-16-5-1-14(2-6-16)9-11-22(20)13-23(21)12-10-15-3-7-17(19)8-4-15/h1-12H,13H2/b11-9+,12-10+. The highest BCUT2D eigenvalue weighted by molar-refractivity contribution is 8.10. The van der Waals surface area contributed by atoms with Gasteiger partial charge in [-0.3, -0.25) is 0 Å². The zero-order valence-electron chi connectivity index (χ0n) is 12.0. The summed E-state index contributed by atoms with van der Waals surface area (Å²) in [6.07, 6.45) is 3.46. The van der Waals surface area contributed by atoms with E-state index in [0.717, 1.165) is 11.1 Å². The molecule has 0 aliphatic carbocycles. The largest absolute Gasteiger partial charge is 0.608 e. The molecule has 2 unspecified atom stereocenters. The molecular weight excluding hydrogens is 371 g/mol. The van der Waals surface area contributed by atoms with Crippen molar-refractivity contribution in [1.29, 1.82) is 0 Å². The molecule has 2 aromatic carbocycles. The quantitative estimate of drug-likeness (QED) is 0.651. The van der Waals surface area contributed by atoms with E-state index in [1.807, 2.05) is 24.3 Å². The van der Waals surface area contributed by atoms with Gasteiger partial charge in [-0.1, -0.05) is 47.5 Å². The van der Waals surface area contributed by atoms with Gasteiger partial charge < -0.3 is 9.11 Å². The van der Waals surface area contributed by atoms with E-state index < -0.39 is 22.4 Å². The zero-order valence-corrected chi connectivity index (χ0v) is 15.2. The van der Waals surface area contributed by atoms with E-state index in [-0.39, 0.29) is 5.08 Å². The van der Waals surface area contributed by atoms with Gasteiger partial charge in [-0.2, -0.15) is 0 Å². The molecule has 120 valence electrons. The summed E-state index contributed by atoms with van der Waals surface area (Å²) in [5.74, 6) is 0. The molecule has 0 radical (unpaired) electrons. The third-order valence-electron chi connectivity index (χ3n) is 2.80. The fourth-order valence-corrected chi connectivity index (χ4v) is 4.06. The molecule has 0 heterocycles. The second kappa shape index (κ2) is 9.42. The normalized spacial score (nSPS) is 14.4. The van der Waals surface area contributed by atoms with Crippen molar-refractivity contribution in [2.75, 3.05) is 5.08 Å². The second-order valence-electron chi connectivity index (χ2n) is 4.59. The maximum atomic E-state index is 11.9. The third kappa shape index (κ3) is 7.04. The summed E-state index contributed by atoms with van der Waals surface area (Å²) >= 11 is 8.99. The number of hydrogen-bond donors (Lipinski definition) is 0. The maximum absolute atomic E-state index is 11.9. The van der Waals surface area contributed by atoms with Crippen LogP contribution in [0.2, 0.25) is 10.0 Å². The van der Waals surface area contributed by atoms with Gasteiger partial charge in [-0.25, -0.2) is 0 Å². The van der Waals surface area contributed by atoms with Crippen molar-refractivity contribution >= 4 is 57.7 Å². The second-order valence-corrected chi connectivity index (χ2v) is 8.47. The average molecular weight is 385 g/mol. The van der Waals surface area contributed by atoms with Crippen LogP contribution >= 0.6 is 23.2 Å². The number of rotatable bonds is 6. The van der Waals surface area contributed by atoms with Crippen LogP contribution in [0, 0.1) is 0 Å². The molecule has 23 heavy (non-hydrogen) atoms. The molecule has 2 rings (SSSR count). The molecule has 2 nitrogen and oxygen atoms in total. The molecule has 2 atom stereocenters. The van der Waals surface area contributed by atoms with Gasteiger partial charge in [0.05, 0.1) is 0 Å². The minimum Gasteiger partial charge on any atom is -0.608 e. The van der Waals surface area contributed by atoms with Crippen molar-refractivity contribution in [1.82, 2.24) is 0 Å². The first-order valence-electron chi connectivity index (χ1n) is 6.65. The van der Waals surface area contributed by atoms with Gasteiger partial charge in [-0.05, 0) is 47.5 Å². The highest BCUT2D eigenvalue weighted by Crippen LogP contribution is 2.14. The Balaban J connectivity index is 1.85. The van der Waals surface area contributed by atoms with Crippen LogP contribution in [0.3, 0.4) is 0 Å². The van der Waals surface area contributed by atoms with E-state index in [2.05, 4.69) is 0 Å². The molecule has 6 heteroatoms. The Kier molecular flexibility index (Phi) is 7.56. The molecular formula is C17H14Cl2O2S2. The first-order chi connectivity index (χ1) is 11.0. The summed E-state index contributed by atoms with van der Waals surface area (Å²) < 4.78 is 23.8. The topological polar surface area (TPSA) is 46.1 Å². The van der Waals surface area contributed by atoms with Crippen LogP contribution in [0.15, 0.2) is 59.3 Å². The van der Waals surface area contributed by atoms with Crippen LogP contribution < -0.4 is 0 Å². The summed E-state index contributed by atoms with van der Waals surface area (Å²) in [7, 11) is 0. The molecule has 0 bridgehead atoms. The maximum Gasteiger partial charge on any atom is 0.262 e. The lowest BCUT2D eigenvalue weighted by Gasteiger charge is -2.07. The van der Waals surface area contributed by atoms with E-state index in [1.165, 1.54) is 10.8 Å². The molecule has 2 aromatic rings. The molecule has 0 spiro atoms. The predicted molar refractivity (Wildman–Crippen MR) is 102 cm³/mol. The van der Waals surface area contributed by atoms with Gasteiger partial charge in [-0.15, -0.1) is 0 Å². The number of benzene rings is 2. The predicted octanol–water partition coefficient (Wildman–Crippen LogP) is 5.09. The minimum atomic E-state index is -1.30. The summed E-state index contributed by atoms with van der Waals surface area (Å²) in [5, 5.41) is 4.44. The molecule has 0 aromatic heterocycles. The SMILES string of the molecule is [O-][S+](/C=C/c1ccc(Cl)cc1)C[S+]([O-])/C=C/c1ccc(Cl)cc1. The van der Waals surface area contributed by atoms with Crippen molar-refractivity contribution in [3.05, 3.63) is 80.5 Å². The van der Waals surface area contributed by atoms with Gasteiger partial charge in [0.1, 0.15) is 10.8 Å². The lowest BCUT2D eigenvalue weighted by molar-refractivity contribution is 0.596. The molecule has 0 saturated carbocycles. The Morgan fingerprint density at radius 1 is 0.696 bits per heavy atom. The highest BCUT2D eigenvalue weighted by Gasteiger charge is 2.11. The fraction of sp³-hybridized carbons (Fsp3) is 0.0588. The lowest BCUT2D eigenvalue weighted by Crippen LogP contribution is -2.11. The summed E-state index contributed by atoms with van der Waals surface area (Å²) in [6, 6.07) is 14.4. The average Bonchev–Trinajstić information content (AvgIpc) is 2.54. The smallest absolute Gasteiger partial charge is 0.262 e. The van der Waals surface area contributed by atoms with Crippen LogP contribution in [-0.2, 0) is 22.4 Å². The van der Waals surface area contributed by atoms with Crippen molar-refractivity contribution in [3.8, 4) is 0 Å². The number of halogens is 2. The lowest BCUT2D eigenvalue weighted by atomic mass is 10.2. The minimum absolute atomic E-state index is 0.0637. The first kappa shape index (κ1) is 18.5. The van der Waals surface area contributed by atoms with E-state index >= 15 is 0 Å². The Morgan fingerprint density at radius 3 is 1.39 bits per heavy atom. The summed E-state index contributed by atoms with van der Waals surface area (Å²) in [4.78, 5) is 0. The Labute approximate surface area is 152 Å². The first-order valence-corrected chi connectivity index (χ1v) is 10.2. The van der Waals surface area contributed by atoms with Crippen LogP contribution in [-0.4, -0.2) is 14.2 Å². The van der Waals surface area contributed by atoms with Crippen molar-refractivity contribution in [3.63, 3.8) is 0 Å². The van der Waals surface area contributed by atoms with E-state index in [0.29, 0.717) is 10.0 Å². The van der Waals surface area contributed by atoms with Crippen LogP contribution in [0.25, 0.3) is 12.2 Å². The monoisotopic (exact) mass is 384 g/mol. The highest BCUT2D eigenvalue weighted by atomic mass is 35.5. The zero-order chi connectivity index (χ0) is 16.7. The Hall–Kier alpha value is -0.880. The van der Waals surface area contributed by atoms with Crippen LogP contribution in [0.4, 0.5) is 0 Å². The fourth-order valence-electron chi connectivity index (χ4n) is 1.65. The Morgan fingerprint density at radius 2 is 1.04 bits per heavy atom. The van der Waals surface area contributed by atoms with Gasteiger partial charge in [0.25, 0.3) is 5.08 Å². The molecule has 0 amide bonds. The molecule has 0 fully saturated rings.